The number of hydrogen-bond acceptors (Lipinski definition) is 4. The smallest absolute Gasteiger partial charge is 0.314 e. The van der Waals surface area contributed by atoms with Gasteiger partial charge in [0.25, 0.3) is 10.0 Å². The van der Waals surface area contributed by atoms with E-state index >= 15 is 0 Å². The molecule has 8 heteroatoms. The van der Waals surface area contributed by atoms with E-state index < -0.39 is 21.8 Å². The predicted molar refractivity (Wildman–Crippen MR) is 129 cm³/mol. The Morgan fingerprint density at radius 2 is 1.58 bits per heavy atom. The Balaban J connectivity index is 1.57. The van der Waals surface area contributed by atoms with Crippen LogP contribution in [0.25, 0.3) is 0 Å². The van der Waals surface area contributed by atoms with Crippen LogP contribution in [-0.2, 0) is 26.0 Å². The topological polar surface area (TPSA) is 95.6 Å². The first-order chi connectivity index (χ1) is 15.8. The lowest BCUT2D eigenvalue weighted by Gasteiger charge is -2.31. The number of nitrogens with one attached hydrogen (secondary N) is 2. The van der Waals surface area contributed by atoms with E-state index in [1.807, 2.05) is 26.0 Å². The minimum atomic E-state index is -3.76. The van der Waals surface area contributed by atoms with E-state index in [0.29, 0.717) is 30.0 Å². The highest BCUT2D eigenvalue weighted by atomic mass is 32.2. The molecule has 3 aromatic rings. The first-order valence-corrected chi connectivity index (χ1v) is 12.1. The quantitative estimate of drug-likeness (QED) is 0.571. The highest BCUT2D eigenvalue weighted by Gasteiger charge is 2.29. The van der Waals surface area contributed by atoms with Crippen LogP contribution in [0.2, 0.25) is 0 Å². The van der Waals surface area contributed by atoms with Crippen LogP contribution in [0.1, 0.15) is 23.1 Å². The molecule has 2 N–H and O–H groups in total. The van der Waals surface area contributed by atoms with Crippen LogP contribution in [0.3, 0.4) is 0 Å². The van der Waals surface area contributed by atoms with Gasteiger partial charge in [-0.05, 0) is 68.1 Å². The van der Waals surface area contributed by atoms with Crippen molar-refractivity contribution >= 4 is 38.9 Å². The molecule has 2 amide bonds. The number of anilines is 3. The van der Waals surface area contributed by atoms with Gasteiger partial charge < -0.3 is 10.6 Å². The zero-order valence-corrected chi connectivity index (χ0v) is 19.3. The molecule has 0 aliphatic carbocycles. The first kappa shape index (κ1) is 22.5. The van der Waals surface area contributed by atoms with Gasteiger partial charge in [0.2, 0.25) is 0 Å². The van der Waals surface area contributed by atoms with E-state index in [1.165, 1.54) is 4.31 Å². The van der Waals surface area contributed by atoms with Crippen LogP contribution in [0, 0.1) is 13.8 Å². The van der Waals surface area contributed by atoms with Crippen LogP contribution in [-0.4, -0.2) is 26.8 Å². The van der Waals surface area contributed by atoms with Crippen molar-refractivity contribution in [1.29, 1.82) is 0 Å². The third-order valence-corrected chi connectivity index (χ3v) is 7.46. The Labute approximate surface area is 193 Å². The summed E-state index contributed by atoms with van der Waals surface area (Å²) in [7, 11) is -3.76. The lowest BCUT2D eigenvalue weighted by molar-refractivity contribution is -0.133. The molecule has 0 spiro atoms. The van der Waals surface area contributed by atoms with E-state index in [0.717, 1.165) is 23.1 Å². The maximum Gasteiger partial charge on any atom is 0.314 e. The Hall–Kier alpha value is -3.65. The van der Waals surface area contributed by atoms with Crippen molar-refractivity contribution in [3.05, 3.63) is 83.4 Å². The van der Waals surface area contributed by atoms with Gasteiger partial charge in [-0.1, -0.05) is 42.0 Å². The number of para-hydroxylation sites is 1. The summed E-state index contributed by atoms with van der Waals surface area (Å²) in [6.07, 6.45) is 1.43. The van der Waals surface area contributed by atoms with Gasteiger partial charge in [0.1, 0.15) is 0 Å². The Morgan fingerprint density at radius 3 is 2.30 bits per heavy atom. The molecular formula is C25H25N3O4S. The lowest BCUT2D eigenvalue weighted by atomic mass is 10.0. The number of carbonyl (C=O) groups excluding carboxylic acids is 2. The number of sulfonamides is 1. The third kappa shape index (κ3) is 4.75. The van der Waals surface area contributed by atoms with Gasteiger partial charge in [0.05, 0.1) is 10.6 Å². The number of aryl methyl sites for hydroxylation is 3. The number of benzene rings is 3. The fraction of sp³-hybridized carbons (Fsp3) is 0.200. The molecule has 170 valence electrons. The zero-order valence-electron chi connectivity index (χ0n) is 18.5. The fourth-order valence-corrected chi connectivity index (χ4v) is 5.32. The molecule has 0 aromatic heterocycles. The molecule has 0 unspecified atom stereocenters. The van der Waals surface area contributed by atoms with Crippen molar-refractivity contribution in [1.82, 2.24) is 0 Å². The van der Waals surface area contributed by atoms with E-state index in [2.05, 4.69) is 10.6 Å². The zero-order chi connectivity index (χ0) is 23.6. The summed E-state index contributed by atoms with van der Waals surface area (Å²) in [6, 6.07) is 19.0. The SMILES string of the molecule is Cc1ccc(S(=O)(=O)N2CCCc3ccc(NC(=O)C(=O)Nc4ccccc4C)cc32)cc1. The van der Waals surface area contributed by atoms with Crippen LogP contribution < -0.4 is 14.9 Å². The van der Waals surface area contributed by atoms with Crippen LogP contribution in [0.15, 0.2) is 71.6 Å². The summed E-state index contributed by atoms with van der Waals surface area (Å²) in [6.45, 7) is 4.07. The highest BCUT2D eigenvalue weighted by Crippen LogP contribution is 2.34. The molecule has 1 heterocycles. The molecule has 0 saturated heterocycles. The average Bonchev–Trinajstić information content (AvgIpc) is 2.80. The number of hydrogen-bond donors (Lipinski definition) is 2. The number of carbonyl (C=O) groups is 2. The minimum Gasteiger partial charge on any atom is -0.318 e. The number of fused-ring (bicyclic) bond motifs is 1. The maximum absolute atomic E-state index is 13.3. The molecule has 0 atom stereocenters. The standard InChI is InChI=1S/C25H25N3O4S/c1-17-9-13-21(14-10-17)33(31,32)28-15-5-7-19-11-12-20(16-23(19)28)26-24(29)25(30)27-22-8-4-3-6-18(22)2/h3-4,6,8-14,16H,5,7,15H2,1-2H3,(H,26,29)(H,27,30). The Bertz CT molecular complexity index is 1320. The van der Waals surface area contributed by atoms with Gasteiger partial charge in [-0.15, -0.1) is 0 Å². The van der Waals surface area contributed by atoms with Gasteiger partial charge in [-0.3, -0.25) is 13.9 Å². The molecule has 1 aliphatic heterocycles. The monoisotopic (exact) mass is 463 g/mol. The van der Waals surface area contributed by atoms with Crippen molar-refractivity contribution < 1.29 is 18.0 Å². The first-order valence-electron chi connectivity index (χ1n) is 10.7. The Kier molecular flexibility index (Phi) is 6.20. The molecule has 7 nitrogen and oxygen atoms in total. The predicted octanol–water partition coefficient (Wildman–Crippen LogP) is 4.02. The number of rotatable bonds is 4. The molecule has 0 fully saturated rings. The van der Waals surface area contributed by atoms with Crippen molar-refractivity contribution in [3.63, 3.8) is 0 Å². The molecule has 0 saturated carbocycles. The summed E-state index contributed by atoms with van der Waals surface area (Å²) in [5.41, 5.74) is 4.10. The molecule has 1 aliphatic rings. The molecule has 4 rings (SSSR count). The lowest BCUT2D eigenvalue weighted by Crippen LogP contribution is -2.35. The second kappa shape index (κ2) is 9.07. The normalized spacial score (nSPS) is 13.2. The van der Waals surface area contributed by atoms with Gasteiger partial charge >= 0.3 is 11.8 Å². The Morgan fingerprint density at radius 1 is 0.879 bits per heavy atom. The number of amides is 2. The molecule has 0 radical (unpaired) electrons. The average molecular weight is 464 g/mol. The third-order valence-electron chi connectivity index (χ3n) is 5.63. The van der Waals surface area contributed by atoms with E-state index in [4.69, 9.17) is 0 Å². The highest BCUT2D eigenvalue weighted by molar-refractivity contribution is 7.92. The van der Waals surface area contributed by atoms with Gasteiger partial charge in [0.15, 0.2) is 0 Å². The van der Waals surface area contributed by atoms with Gasteiger partial charge in [-0.2, -0.15) is 0 Å². The maximum atomic E-state index is 13.3. The molecule has 3 aromatic carbocycles. The van der Waals surface area contributed by atoms with E-state index in [9.17, 15) is 18.0 Å². The minimum absolute atomic E-state index is 0.216. The van der Waals surface area contributed by atoms with Crippen molar-refractivity contribution in [2.75, 3.05) is 21.5 Å². The van der Waals surface area contributed by atoms with Crippen LogP contribution in [0.4, 0.5) is 17.1 Å². The van der Waals surface area contributed by atoms with Gasteiger partial charge in [0, 0.05) is 17.9 Å². The molecule has 0 bridgehead atoms. The summed E-state index contributed by atoms with van der Waals surface area (Å²) in [5.74, 6) is -1.63. The van der Waals surface area contributed by atoms with E-state index in [1.54, 1.807) is 54.6 Å². The van der Waals surface area contributed by atoms with Crippen LogP contribution in [0.5, 0.6) is 0 Å². The van der Waals surface area contributed by atoms with Gasteiger partial charge in [-0.25, -0.2) is 8.42 Å². The summed E-state index contributed by atoms with van der Waals surface area (Å²) in [4.78, 5) is 25.1. The van der Waals surface area contributed by atoms with Crippen molar-refractivity contribution in [2.45, 2.75) is 31.6 Å². The van der Waals surface area contributed by atoms with Crippen molar-refractivity contribution in [3.8, 4) is 0 Å². The summed E-state index contributed by atoms with van der Waals surface area (Å²) >= 11 is 0. The van der Waals surface area contributed by atoms with E-state index in [-0.39, 0.29) is 4.90 Å². The largest absolute Gasteiger partial charge is 0.318 e. The van der Waals surface area contributed by atoms with Crippen molar-refractivity contribution in [2.24, 2.45) is 0 Å². The second-order valence-electron chi connectivity index (χ2n) is 8.06. The summed E-state index contributed by atoms with van der Waals surface area (Å²) in [5, 5.41) is 5.17. The summed E-state index contributed by atoms with van der Waals surface area (Å²) < 4.78 is 28.0. The molecule has 33 heavy (non-hydrogen) atoms. The second-order valence-corrected chi connectivity index (χ2v) is 9.92. The fourth-order valence-electron chi connectivity index (χ4n) is 3.79. The van der Waals surface area contributed by atoms with Crippen LogP contribution >= 0.6 is 0 Å². The molecular weight excluding hydrogens is 438 g/mol. The number of nitrogens with zero attached hydrogens (tertiary/aromatic N) is 1.